The standard InChI is InChI=1S/C13H14F3N3O2/c1-7(2)12-18-11(19-21-12)10(17)8-5-3-4-6-9(8)20-13(14,15)16/h3-7,10H,17H2,1-2H3. The monoisotopic (exact) mass is 301 g/mol. The molecule has 5 nitrogen and oxygen atoms in total. The van der Waals surface area contributed by atoms with E-state index in [1.54, 1.807) is 6.07 Å². The highest BCUT2D eigenvalue weighted by molar-refractivity contribution is 5.38. The molecule has 0 bridgehead atoms. The van der Waals surface area contributed by atoms with E-state index in [0.29, 0.717) is 5.89 Å². The average molecular weight is 301 g/mol. The predicted octanol–water partition coefficient (Wildman–Crippen LogP) is 3.14. The van der Waals surface area contributed by atoms with Crippen LogP contribution in [-0.2, 0) is 0 Å². The molecule has 0 amide bonds. The first-order chi connectivity index (χ1) is 9.78. The molecule has 8 heteroatoms. The third-order valence-electron chi connectivity index (χ3n) is 2.71. The molecular weight excluding hydrogens is 287 g/mol. The highest BCUT2D eigenvalue weighted by Gasteiger charge is 2.33. The molecule has 0 radical (unpaired) electrons. The smallest absolute Gasteiger partial charge is 0.405 e. The maximum Gasteiger partial charge on any atom is 0.573 e. The van der Waals surface area contributed by atoms with Crippen molar-refractivity contribution in [2.24, 2.45) is 5.73 Å². The summed E-state index contributed by atoms with van der Waals surface area (Å²) in [5.74, 6) is 0.0973. The van der Waals surface area contributed by atoms with Crippen molar-refractivity contribution in [1.82, 2.24) is 10.1 Å². The summed E-state index contributed by atoms with van der Waals surface area (Å²) in [6.07, 6.45) is -4.80. The lowest BCUT2D eigenvalue weighted by Gasteiger charge is -2.15. The Morgan fingerprint density at radius 1 is 1.24 bits per heavy atom. The summed E-state index contributed by atoms with van der Waals surface area (Å²) in [5.41, 5.74) is 6.05. The minimum absolute atomic E-state index is 0.000110. The molecular formula is C13H14F3N3O2. The molecule has 1 atom stereocenters. The number of benzene rings is 1. The quantitative estimate of drug-likeness (QED) is 0.939. The predicted molar refractivity (Wildman–Crippen MR) is 67.5 cm³/mol. The highest BCUT2D eigenvalue weighted by Crippen LogP contribution is 2.31. The Morgan fingerprint density at radius 2 is 1.90 bits per heavy atom. The number of halogens is 3. The van der Waals surface area contributed by atoms with Gasteiger partial charge >= 0.3 is 6.36 Å². The van der Waals surface area contributed by atoms with Gasteiger partial charge in [0, 0.05) is 11.5 Å². The molecule has 1 unspecified atom stereocenters. The first-order valence-electron chi connectivity index (χ1n) is 6.21. The minimum Gasteiger partial charge on any atom is -0.405 e. The average Bonchev–Trinajstić information content (AvgIpc) is 2.86. The van der Waals surface area contributed by atoms with Crippen molar-refractivity contribution < 1.29 is 22.4 Å². The summed E-state index contributed by atoms with van der Waals surface area (Å²) in [4.78, 5) is 4.08. The second-order valence-electron chi connectivity index (χ2n) is 4.71. The summed E-state index contributed by atoms with van der Waals surface area (Å²) < 4.78 is 46.1. The molecule has 114 valence electrons. The second-order valence-corrected chi connectivity index (χ2v) is 4.71. The number of rotatable bonds is 4. The molecule has 0 aliphatic rings. The molecule has 0 fully saturated rings. The van der Waals surface area contributed by atoms with Crippen LogP contribution in [0, 0.1) is 0 Å². The van der Waals surface area contributed by atoms with Crippen molar-refractivity contribution in [1.29, 1.82) is 0 Å². The van der Waals surface area contributed by atoms with Gasteiger partial charge in [0.2, 0.25) is 5.89 Å². The van der Waals surface area contributed by atoms with Crippen LogP contribution in [0.3, 0.4) is 0 Å². The van der Waals surface area contributed by atoms with Crippen molar-refractivity contribution >= 4 is 0 Å². The van der Waals surface area contributed by atoms with Crippen molar-refractivity contribution in [3.8, 4) is 5.75 Å². The Balaban J connectivity index is 2.32. The van der Waals surface area contributed by atoms with Crippen LogP contribution in [-0.4, -0.2) is 16.5 Å². The molecule has 1 aromatic heterocycles. The van der Waals surface area contributed by atoms with E-state index in [1.165, 1.54) is 18.2 Å². The topological polar surface area (TPSA) is 74.2 Å². The van der Waals surface area contributed by atoms with Crippen LogP contribution in [0.4, 0.5) is 13.2 Å². The fraction of sp³-hybridized carbons (Fsp3) is 0.385. The van der Waals surface area contributed by atoms with Crippen LogP contribution < -0.4 is 10.5 Å². The Labute approximate surface area is 118 Å². The lowest BCUT2D eigenvalue weighted by molar-refractivity contribution is -0.274. The first-order valence-corrected chi connectivity index (χ1v) is 6.21. The lowest BCUT2D eigenvalue weighted by atomic mass is 10.1. The number of hydrogen-bond acceptors (Lipinski definition) is 5. The molecule has 1 heterocycles. The third-order valence-corrected chi connectivity index (χ3v) is 2.71. The molecule has 0 saturated carbocycles. The number of nitrogens with zero attached hydrogens (tertiary/aromatic N) is 2. The number of alkyl halides is 3. The van der Waals surface area contributed by atoms with Gasteiger partial charge in [-0.15, -0.1) is 13.2 Å². The Bertz CT molecular complexity index is 611. The Kier molecular flexibility index (Phi) is 4.17. The van der Waals surface area contributed by atoms with Crippen LogP contribution >= 0.6 is 0 Å². The molecule has 0 aliphatic heterocycles. The fourth-order valence-corrected chi connectivity index (χ4v) is 1.70. The molecule has 2 N–H and O–H groups in total. The van der Waals surface area contributed by atoms with E-state index in [-0.39, 0.29) is 23.1 Å². The maximum absolute atomic E-state index is 12.4. The molecule has 0 saturated heterocycles. The largest absolute Gasteiger partial charge is 0.573 e. The van der Waals surface area contributed by atoms with Gasteiger partial charge < -0.3 is 15.0 Å². The second kappa shape index (κ2) is 5.72. The number of nitrogens with two attached hydrogens (primary N) is 1. The summed E-state index contributed by atoms with van der Waals surface area (Å²) in [5, 5.41) is 3.70. The third kappa shape index (κ3) is 3.72. The number of aromatic nitrogens is 2. The minimum atomic E-state index is -4.80. The number of ether oxygens (including phenoxy) is 1. The Hall–Kier alpha value is -2.09. The van der Waals surface area contributed by atoms with Gasteiger partial charge in [0.1, 0.15) is 5.75 Å². The summed E-state index contributed by atoms with van der Waals surface area (Å²) in [6.45, 7) is 3.70. The van der Waals surface area contributed by atoms with Crippen LogP contribution in [0.5, 0.6) is 5.75 Å². The summed E-state index contributed by atoms with van der Waals surface area (Å²) in [6, 6.07) is 4.62. The molecule has 2 aromatic rings. The van der Waals surface area contributed by atoms with E-state index in [9.17, 15) is 13.2 Å². The molecule has 1 aromatic carbocycles. The highest BCUT2D eigenvalue weighted by atomic mass is 19.4. The van der Waals surface area contributed by atoms with Gasteiger partial charge in [0.25, 0.3) is 0 Å². The normalized spacial score (nSPS) is 13.5. The van der Waals surface area contributed by atoms with Crippen molar-refractivity contribution in [2.75, 3.05) is 0 Å². The fourth-order valence-electron chi connectivity index (χ4n) is 1.70. The van der Waals surface area contributed by atoms with Crippen molar-refractivity contribution in [2.45, 2.75) is 32.2 Å². The Morgan fingerprint density at radius 3 is 2.48 bits per heavy atom. The molecule has 2 rings (SSSR count). The van der Waals surface area contributed by atoms with E-state index >= 15 is 0 Å². The number of hydrogen-bond donors (Lipinski definition) is 1. The van der Waals surface area contributed by atoms with Gasteiger partial charge in [0.05, 0.1) is 6.04 Å². The molecule has 0 spiro atoms. The summed E-state index contributed by atoms with van der Waals surface area (Å²) in [7, 11) is 0. The molecule has 0 aliphatic carbocycles. The van der Waals surface area contributed by atoms with Crippen molar-refractivity contribution in [3.63, 3.8) is 0 Å². The van der Waals surface area contributed by atoms with Gasteiger partial charge in [-0.2, -0.15) is 4.98 Å². The van der Waals surface area contributed by atoms with E-state index in [4.69, 9.17) is 10.3 Å². The van der Waals surface area contributed by atoms with E-state index in [1.807, 2.05) is 13.8 Å². The van der Waals surface area contributed by atoms with Gasteiger partial charge in [-0.3, -0.25) is 0 Å². The van der Waals surface area contributed by atoms with E-state index in [0.717, 1.165) is 0 Å². The molecule has 21 heavy (non-hydrogen) atoms. The summed E-state index contributed by atoms with van der Waals surface area (Å²) >= 11 is 0. The maximum atomic E-state index is 12.4. The van der Waals surface area contributed by atoms with Crippen molar-refractivity contribution in [3.05, 3.63) is 41.5 Å². The number of para-hydroxylation sites is 1. The first kappa shape index (κ1) is 15.3. The zero-order valence-electron chi connectivity index (χ0n) is 11.4. The van der Waals surface area contributed by atoms with E-state index in [2.05, 4.69) is 14.9 Å². The zero-order chi connectivity index (χ0) is 15.6. The van der Waals surface area contributed by atoms with Crippen LogP contribution in [0.15, 0.2) is 28.8 Å². The van der Waals surface area contributed by atoms with Gasteiger partial charge in [-0.25, -0.2) is 0 Å². The lowest BCUT2D eigenvalue weighted by Crippen LogP contribution is -2.21. The SMILES string of the molecule is CC(C)c1nc(C(N)c2ccccc2OC(F)(F)F)no1. The van der Waals surface area contributed by atoms with Gasteiger partial charge in [0.15, 0.2) is 5.82 Å². The van der Waals surface area contributed by atoms with Gasteiger partial charge in [-0.1, -0.05) is 37.2 Å². The van der Waals surface area contributed by atoms with Crippen LogP contribution in [0.2, 0.25) is 0 Å². The van der Waals surface area contributed by atoms with E-state index < -0.39 is 12.4 Å². The van der Waals surface area contributed by atoms with Crippen LogP contribution in [0.25, 0.3) is 0 Å². The van der Waals surface area contributed by atoms with Gasteiger partial charge in [-0.05, 0) is 6.07 Å². The zero-order valence-corrected chi connectivity index (χ0v) is 11.4. The van der Waals surface area contributed by atoms with Crippen LogP contribution in [0.1, 0.15) is 43.1 Å².